The zero-order valence-corrected chi connectivity index (χ0v) is 15.6. The first-order valence-electron chi connectivity index (χ1n) is 10.0. The Labute approximate surface area is 158 Å². The molecule has 4 saturated carbocycles. The second kappa shape index (κ2) is 6.32. The molecule has 2 heterocycles. The van der Waals surface area contributed by atoms with Crippen LogP contribution in [0.15, 0.2) is 41.5 Å². The van der Waals surface area contributed by atoms with Gasteiger partial charge in [0, 0.05) is 36.7 Å². The summed E-state index contributed by atoms with van der Waals surface area (Å²) in [5.41, 5.74) is 1.51. The Morgan fingerprint density at radius 2 is 1.63 bits per heavy atom. The van der Waals surface area contributed by atoms with Crippen molar-refractivity contribution < 1.29 is 4.79 Å². The summed E-state index contributed by atoms with van der Waals surface area (Å²) in [6, 6.07) is 7.46. The summed E-state index contributed by atoms with van der Waals surface area (Å²) in [6.45, 7) is 0. The van der Waals surface area contributed by atoms with Crippen LogP contribution in [0.1, 0.15) is 42.5 Å². The molecule has 4 bridgehead atoms. The number of H-pyrrole nitrogens is 1. The third-order valence-corrected chi connectivity index (χ3v) is 7.08. The van der Waals surface area contributed by atoms with Gasteiger partial charge >= 0.3 is 0 Å². The Morgan fingerprint density at radius 1 is 1.00 bits per heavy atom. The van der Waals surface area contributed by atoms with Gasteiger partial charge in [0.15, 0.2) is 0 Å². The Balaban J connectivity index is 1.40. The number of hydrogen-bond donors (Lipinski definition) is 1. The lowest BCUT2D eigenvalue weighted by Crippen LogP contribution is -2.56. The number of nitrogens with one attached hydrogen (secondary N) is 1. The van der Waals surface area contributed by atoms with E-state index >= 15 is 0 Å². The molecule has 2 aromatic rings. The zero-order chi connectivity index (χ0) is 18.5. The highest BCUT2D eigenvalue weighted by Crippen LogP contribution is 2.55. The number of pyridine rings is 2. The highest BCUT2D eigenvalue weighted by atomic mass is 16.2. The SMILES string of the molecule is CN(C(=O)c1ccc(-c2ccncc2)[nH]c1=O)C1C2CC3CC(C2)CC1C3. The molecule has 0 aromatic carbocycles. The minimum absolute atomic E-state index is 0.144. The molecule has 5 heteroatoms. The number of nitrogens with zero attached hydrogens (tertiary/aromatic N) is 2. The van der Waals surface area contributed by atoms with Crippen LogP contribution < -0.4 is 5.56 Å². The highest BCUT2D eigenvalue weighted by molar-refractivity contribution is 5.94. The quantitative estimate of drug-likeness (QED) is 0.910. The van der Waals surface area contributed by atoms with E-state index in [0.29, 0.717) is 23.6 Å². The van der Waals surface area contributed by atoms with Gasteiger partial charge in [0.25, 0.3) is 11.5 Å². The molecular formula is C22H25N3O2. The molecule has 4 aliphatic rings. The fourth-order valence-electron chi connectivity index (χ4n) is 6.20. The van der Waals surface area contributed by atoms with Gasteiger partial charge in [0.05, 0.1) is 0 Å². The van der Waals surface area contributed by atoms with Crippen molar-refractivity contribution >= 4 is 5.91 Å². The molecule has 0 atom stereocenters. The molecule has 0 aliphatic heterocycles. The zero-order valence-electron chi connectivity index (χ0n) is 15.6. The van der Waals surface area contributed by atoms with Gasteiger partial charge in [0.2, 0.25) is 0 Å². The van der Waals surface area contributed by atoms with Gasteiger partial charge < -0.3 is 9.88 Å². The van der Waals surface area contributed by atoms with E-state index in [1.807, 2.05) is 30.1 Å². The Hall–Kier alpha value is -2.43. The number of rotatable bonds is 3. The van der Waals surface area contributed by atoms with Crippen molar-refractivity contribution in [2.45, 2.75) is 38.1 Å². The minimum Gasteiger partial charge on any atom is -0.338 e. The summed E-state index contributed by atoms with van der Waals surface area (Å²) in [6.07, 6.45) is 9.80. The number of aromatic amines is 1. The Bertz CT molecular complexity index is 893. The molecule has 0 unspecified atom stereocenters. The largest absolute Gasteiger partial charge is 0.338 e. The first kappa shape index (κ1) is 16.7. The third-order valence-electron chi connectivity index (χ3n) is 7.08. The van der Waals surface area contributed by atoms with Gasteiger partial charge in [0.1, 0.15) is 5.56 Å². The minimum atomic E-state index is -0.315. The predicted octanol–water partition coefficient (Wildman–Crippen LogP) is 3.33. The van der Waals surface area contributed by atoms with Crippen LogP contribution in [-0.2, 0) is 0 Å². The van der Waals surface area contributed by atoms with Gasteiger partial charge in [-0.1, -0.05) is 0 Å². The van der Waals surface area contributed by atoms with Crippen molar-refractivity contribution in [2.75, 3.05) is 7.05 Å². The van der Waals surface area contributed by atoms with Crippen LogP contribution in [0.3, 0.4) is 0 Å². The van der Waals surface area contributed by atoms with Gasteiger partial charge in [-0.05, 0) is 80.0 Å². The first-order valence-corrected chi connectivity index (χ1v) is 10.0. The average molecular weight is 363 g/mol. The topological polar surface area (TPSA) is 66.1 Å². The maximum Gasteiger partial charge on any atom is 0.261 e. The lowest BCUT2D eigenvalue weighted by atomic mass is 9.54. The maximum absolute atomic E-state index is 13.1. The van der Waals surface area contributed by atoms with E-state index in [1.165, 1.54) is 32.1 Å². The van der Waals surface area contributed by atoms with Gasteiger partial charge in [-0.3, -0.25) is 14.6 Å². The molecule has 0 saturated heterocycles. The van der Waals surface area contributed by atoms with Crippen molar-refractivity contribution in [1.82, 2.24) is 14.9 Å². The van der Waals surface area contributed by atoms with Gasteiger partial charge in [-0.15, -0.1) is 0 Å². The van der Waals surface area contributed by atoms with Gasteiger partial charge in [-0.25, -0.2) is 0 Å². The number of aromatic nitrogens is 2. The molecule has 1 N–H and O–H groups in total. The number of hydrogen-bond acceptors (Lipinski definition) is 3. The second-order valence-electron chi connectivity index (χ2n) is 8.69. The van der Waals surface area contributed by atoms with Crippen molar-refractivity contribution in [3.8, 4) is 11.3 Å². The van der Waals surface area contributed by atoms with E-state index in [-0.39, 0.29) is 17.0 Å². The predicted molar refractivity (Wildman–Crippen MR) is 103 cm³/mol. The average Bonchev–Trinajstić information content (AvgIpc) is 2.67. The molecule has 27 heavy (non-hydrogen) atoms. The molecule has 4 fully saturated rings. The van der Waals surface area contributed by atoms with Crippen LogP contribution in [-0.4, -0.2) is 33.9 Å². The summed E-state index contributed by atoms with van der Waals surface area (Å²) < 4.78 is 0. The Morgan fingerprint density at radius 3 is 2.22 bits per heavy atom. The van der Waals surface area contributed by atoms with Crippen molar-refractivity contribution in [3.63, 3.8) is 0 Å². The molecule has 2 aromatic heterocycles. The molecule has 6 rings (SSSR count). The summed E-state index contributed by atoms with van der Waals surface area (Å²) in [7, 11) is 1.89. The number of amides is 1. The van der Waals surface area contributed by atoms with Crippen LogP contribution in [0.25, 0.3) is 11.3 Å². The van der Waals surface area contributed by atoms with Crippen molar-refractivity contribution in [1.29, 1.82) is 0 Å². The van der Waals surface area contributed by atoms with Crippen LogP contribution in [0, 0.1) is 23.7 Å². The first-order chi connectivity index (χ1) is 13.1. The molecule has 1 amide bonds. The van der Waals surface area contributed by atoms with Crippen LogP contribution in [0.5, 0.6) is 0 Å². The second-order valence-corrected chi connectivity index (χ2v) is 8.69. The van der Waals surface area contributed by atoms with Crippen LogP contribution >= 0.6 is 0 Å². The van der Waals surface area contributed by atoms with E-state index in [2.05, 4.69) is 9.97 Å². The van der Waals surface area contributed by atoms with E-state index in [0.717, 1.165) is 17.4 Å². The fraction of sp³-hybridized carbons (Fsp3) is 0.500. The van der Waals surface area contributed by atoms with Crippen LogP contribution in [0.4, 0.5) is 0 Å². The molecule has 140 valence electrons. The molecular weight excluding hydrogens is 338 g/mol. The number of carbonyl (C=O) groups excluding carboxylic acids is 1. The van der Waals surface area contributed by atoms with E-state index in [1.54, 1.807) is 18.5 Å². The standard InChI is InChI=1S/C22H25N3O2/c1-25(20-16-9-13-8-14(11-16)12-17(20)10-13)22(27)18-2-3-19(24-21(18)26)15-4-6-23-7-5-15/h2-7,13-14,16-17,20H,8-12H2,1H3,(H,24,26). The normalized spacial score (nSPS) is 31.1. The lowest BCUT2D eigenvalue weighted by molar-refractivity contribution is -0.0491. The molecule has 0 spiro atoms. The van der Waals surface area contributed by atoms with E-state index < -0.39 is 0 Å². The molecule has 0 radical (unpaired) electrons. The summed E-state index contributed by atoms with van der Waals surface area (Å²) >= 11 is 0. The summed E-state index contributed by atoms with van der Waals surface area (Å²) in [5, 5.41) is 0. The van der Waals surface area contributed by atoms with Crippen LogP contribution in [0.2, 0.25) is 0 Å². The monoisotopic (exact) mass is 363 g/mol. The smallest absolute Gasteiger partial charge is 0.261 e. The van der Waals surface area contributed by atoms with Crippen molar-refractivity contribution in [3.05, 3.63) is 52.6 Å². The lowest BCUT2D eigenvalue weighted by Gasteiger charge is -2.56. The van der Waals surface area contributed by atoms with Gasteiger partial charge in [-0.2, -0.15) is 0 Å². The molecule has 4 aliphatic carbocycles. The van der Waals surface area contributed by atoms with E-state index in [4.69, 9.17) is 0 Å². The summed E-state index contributed by atoms with van der Waals surface area (Å²) in [5.74, 6) is 2.83. The maximum atomic E-state index is 13.1. The highest BCUT2D eigenvalue weighted by Gasteiger charge is 2.50. The Kier molecular flexibility index (Phi) is 3.92. The molecule has 5 nitrogen and oxygen atoms in total. The fourth-order valence-corrected chi connectivity index (χ4v) is 6.20. The van der Waals surface area contributed by atoms with E-state index in [9.17, 15) is 9.59 Å². The van der Waals surface area contributed by atoms with Crippen molar-refractivity contribution in [2.24, 2.45) is 23.7 Å². The third kappa shape index (κ3) is 2.80. The summed E-state index contributed by atoms with van der Waals surface area (Å²) in [4.78, 5) is 34.5. The number of carbonyl (C=O) groups is 1.